The Morgan fingerprint density at radius 3 is 2.63 bits per heavy atom. The lowest BCUT2D eigenvalue weighted by Gasteiger charge is -2.32. The zero-order valence-corrected chi connectivity index (χ0v) is 15.8. The summed E-state index contributed by atoms with van der Waals surface area (Å²) in [6.07, 6.45) is 6.29. The molecular formula is C21H27N3O3. The Morgan fingerprint density at radius 1 is 1.19 bits per heavy atom. The van der Waals surface area contributed by atoms with E-state index in [0.717, 1.165) is 37.0 Å². The average Bonchev–Trinajstić information content (AvgIpc) is 2.73. The fraction of sp³-hybridized carbons (Fsp3) is 0.476. The molecule has 3 rings (SSSR count). The average molecular weight is 369 g/mol. The van der Waals surface area contributed by atoms with Gasteiger partial charge in [0, 0.05) is 19.3 Å². The normalized spacial score (nSPS) is 14.8. The number of anilines is 1. The van der Waals surface area contributed by atoms with E-state index in [4.69, 9.17) is 9.47 Å². The minimum Gasteiger partial charge on any atom is -0.494 e. The Labute approximate surface area is 160 Å². The molecule has 0 spiro atoms. The van der Waals surface area contributed by atoms with Crippen molar-refractivity contribution < 1.29 is 14.3 Å². The molecule has 0 bridgehead atoms. The maximum atomic E-state index is 11.6. The van der Waals surface area contributed by atoms with E-state index in [1.807, 2.05) is 24.3 Å². The summed E-state index contributed by atoms with van der Waals surface area (Å²) in [4.78, 5) is 13.9. The van der Waals surface area contributed by atoms with E-state index in [1.54, 1.807) is 25.3 Å². The van der Waals surface area contributed by atoms with E-state index in [9.17, 15) is 4.79 Å². The number of ether oxygens (including phenoxy) is 2. The minimum absolute atomic E-state index is 0.295. The first kappa shape index (κ1) is 19.1. The van der Waals surface area contributed by atoms with Crippen molar-refractivity contribution in [2.24, 2.45) is 5.92 Å². The van der Waals surface area contributed by atoms with Gasteiger partial charge in [0.15, 0.2) is 5.82 Å². The Kier molecular flexibility index (Phi) is 7.02. The van der Waals surface area contributed by atoms with Crippen molar-refractivity contribution in [3.05, 3.63) is 48.2 Å². The molecule has 1 fully saturated rings. The number of benzene rings is 1. The third-order valence-corrected chi connectivity index (χ3v) is 4.89. The van der Waals surface area contributed by atoms with Crippen molar-refractivity contribution in [1.82, 2.24) is 10.2 Å². The Hall–Kier alpha value is -2.63. The zero-order chi connectivity index (χ0) is 18.9. The van der Waals surface area contributed by atoms with Crippen LogP contribution in [-0.2, 0) is 4.74 Å². The molecule has 0 saturated carbocycles. The van der Waals surface area contributed by atoms with E-state index in [-0.39, 0.29) is 5.97 Å². The SMILES string of the molecule is CCOC(=O)c1ccc(OCCCC2CCN(c3cccnn3)CC2)cc1. The van der Waals surface area contributed by atoms with Crippen LogP contribution in [0, 0.1) is 5.92 Å². The summed E-state index contributed by atoms with van der Waals surface area (Å²) in [5.41, 5.74) is 0.555. The van der Waals surface area contributed by atoms with Crippen LogP contribution in [0.3, 0.4) is 0 Å². The van der Waals surface area contributed by atoms with Gasteiger partial charge in [0.1, 0.15) is 5.75 Å². The molecular weight excluding hydrogens is 342 g/mol. The highest BCUT2D eigenvalue weighted by atomic mass is 16.5. The van der Waals surface area contributed by atoms with Gasteiger partial charge in [-0.1, -0.05) is 0 Å². The molecule has 1 aliphatic rings. The number of piperidine rings is 1. The highest BCUT2D eigenvalue weighted by molar-refractivity contribution is 5.89. The van der Waals surface area contributed by atoms with Crippen molar-refractivity contribution in [2.75, 3.05) is 31.2 Å². The van der Waals surface area contributed by atoms with Crippen LogP contribution in [0.25, 0.3) is 0 Å². The van der Waals surface area contributed by atoms with Gasteiger partial charge in [-0.05, 0) is 74.9 Å². The molecule has 0 N–H and O–H groups in total. The van der Waals surface area contributed by atoms with Crippen LogP contribution in [0.4, 0.5) is 5.82 Å². The second-order valence-corrected chi connectivity index (χ2v) is 6.75. The molecule has 1 aliphatic heterocycles. The number of esters is 1. The van der Waals surface area contributed by atoms with E-state index in [0.29, 0.717) is 18.8 Å². The molecule has 0 radical (unpaired) electrons. The highest BCUT2D eigenvalue weighted by Crippen LogP contribution is 2.24. The largest absolute Gasteiger partial charge is 0.494 e. The Morgan fingerprint density at radius 2 is 1.96 bits per heavy atom. The van der Waals surface area contributed by atoms with Gasteiger partial charge in [-0.3, -0.25) is 0 Å². The van der Waals surface area contributed by atoms with Gasteiger partial charge >= 0.3 is 5.97 Å². The number of hydrogen-bond acceptors (Lipinski definition) is 6. The predicted molar refractivity (Wildman–Crippen MR) is 104 cm³/mol. The molecule has 0 aliphatic carbocycles. The number of carbonyl (C=O) groups excluding carboxylic acids is 1. The second-order valence-electron chi connectivity index (χ2n) is 6.75. The number of carbonyl (C=O) groups is 1. The van der Waals surface area contributed by atoms with Gasteiger partial charge in [0.05, 0.1) is 18.8 Å². The van der Waals surface area contributed by atoms with E-state index in [2.05, 4.69) is 15.1 Å². The first-order valence-corrected chi connectivity index (χ1v) is 9.69. The molecule has 27 heavy (non-hydrogen) atoms. The van der Waals surface area contributed by atoms with Crippen LogP contribution in [-0.4, -0.2) is 42.5 Å². The van der Waals surface area contributed by atoms with Gasteiger partial charge < -0.3 is 14.4 Å². The lowest BCUT2D eigenvalue weighted by atomic mass is 9.92. The number of nitrogens with zero attached hydrogens (tertiary/aromatic N) is 3. The monoisotopic (exact) mass is 369 g/mol. The molecule has 1 saturated heterocycles. The lowest BCUT2D eigenvalue weighted by Crippen LogP contribution is -2.34. The van der Waals surface area contributed by atoms with Crippen LogP contribution < -0.4 is 9.64 Å². The molecule has 144 valence electrons. The maximum absolute atomic E-state index is 11.6. The first-order chi connectivity index (χ1) is 13.3. The first-order valence-electron chi connectivity index (χ1n) is 9.69. The van der Waals surface area contributed by atoms with Crippen molar-refractivity contribution in [3.8, 4) is 5.75 Å². The molecule has 0 amide bonds. The quantitative estimate of drug-likeness (QED) is 0.522. The number of hydrogen-bond donors (Lipinski definition) is 0. The smallest absolute Gasteiger partial charge is 0.338 e. The van der Waals surface area contributed by atoms with Gasteiger partial charge in [0.2, 0.25) is 0 Å². The second kappa shape index (κ2) is 9.90. The molecule has 0 atom stereocenters. The van der Waals surface area contributed by atoms with Crippen LogP contribution in [0.2, 0.25) is 0 Å². The van der Waals surface area contributed by atoms with Gasteiger partial charge in [-0.25, -0.2) is 4.79 Å². The highest BCUT2D eigenvalue weighted by Gasteiger charge is 2.19. The molecule has 1 aromatic heterocycles. The van der Waals surface area contributed by atoms with Crippen molar-refractivity contribution >= 4 is 11.8 Å². The summed E-state index contributed by atoms with van der Waals surface area (Å²) in [5, 5.41) is 8.15. The van der Waals surface area contributed by atoms with E-state index >= 15 is 0 Å². The Bertz CT molecular complexity index is 698. The van der Waals surface area contributed by atoms with Crippen LogP contribution in [0.15, 0.2) is 42.6 Å². The van der Waals surface area contributed by atoms with Crippen LogP contribution >= 0.6 is 0 Å². The third-order valence-electron chi connectivity index (χ3n) is 4.89. The van der Waals surface area contributed by atoms with Crippen LogP contribution in [0.1, 0.15) is 43.0 Å². The van der Waals surface area contributed by atoms with Crippen molar-refractivity contribution in [1.29, 1.82) is 0 Å². The summed E-state index contributed by atoms with van der Waals surface area (Å²) >= 11 is 0. The summed E-state index contributed by atoms with van der Waals surface area (Å²) in [6.45, 7) is 4.96. The summed E-state index contributed by atoms with van der Waals surface area (Å²) < 4.78 is 10.8. The fourth-order valence-electron chi connectivity index (χ4n) is 3.38. The molecule has 1 aromatic carbocycles. The van der Waals surface area contributed by atoms with Gasteiger partial charge in [-0.15, -0.1) is 5.10 Å². The summed E-state index contributed by atoms with van der Waals surface area (Å²) in [6, 6.07) is 11.1. The maximum Gasteiger partial charge on any atom is 0.338 e. The van der Waals surface area contributed by atoms with Gasteiger partial charge in [0.25, 0.3) is 0 Å². The minimum atomic E-state index is -0.295. The van der Waals surface area contributed by atoms with Crippen LogP contribution in [0.5, 0.6) is 5.75 Å². The predicted octanol–water partition coefficient (Wildman–Crippen LogP) is 3.73. The number of aromatic nitrogens is 2. The van der Waals surface area contributed by atoms with E-state index < -0.39 is 0 Å². The van der Waals surface area contributed by atoms with Crippen molar-refractivity contribution in [2.45, 2.75) is 32.6 Å². The van der Waals surface area contributed by atoms with Gasteiger partial charge in [-0.2, -0.15) is 5.10 Å². The molecule has 6 nitrogen and oxygen atoms in total. The standard InChI is InChI=1S/C21H27N3O3/c1-2-26-21(25)18-7-9-19(10-8-18)27-16-4-5-17-11-14-24(15-12-17)20-6-3-13-22-23-20/h3,6-10,13,17H,2,4-5,11-12,14-16H2,1H3. The fourth-order valence-corrected chi connectivity index (χ4v) is 3.38. The Balaban J connectivity index is 1.33. The molecule has 2 aromatic rings. The summed E-state index contributed by atoms with van der Waals surface area (Å²) in [5.74, 6) is 2.22. The van der Waals surface area contributed by atoms with E-state index in [1.165, 1.54) is 19.3 Å². The number of rotatable bonds is 8. The zero-order valence-electron chi connectivity index (χ0n) is 15.8. The van der Waals surface area contributed by atoms with Crippen molar-refractivity contribution in [3.63, 3.8) is 0 Å². The molecule has 2 heterocycles. The summed E-state index contributed by atoms with van der Waals surface area (Å²) in [7, 11) is 0. The third kappa shape index (κ3) is 5.67. The molecule has 0 unspecified atom stereocenters. The molecule has 6 heteroatoms. The topological polar surface area (TPSA) is 64.6 Å². The lowest BCUT2D eigenvalue weighted by molar-refractivity contribution is 0.0526.